The van der Waals surface area contributed by atoms with Gasteiger partial charge in [0.05, 0.1) is 0 Å². The number of amides is 2. The summed E-state index contributed by atoms with van der Waals surface area (Å²) in [6.45, 7) is 13.0. The smallest absolute Gasteiger partial charge is 0.407 e. The van der Waals surface area contributed by atoms with Crippen LogP contribution in [0.15, 0.2) is 48.0 Å². The molecule has 1 atom stereocenters. The summed E-state index contributed by atoms with van der Waals surface area (Å²) < 4.78 is 5.37. The number of carbonyl (C=O) groups excluding carboxylic acids is 2. The molecule has 4 rings (SSSR count). The quantitative estimate of drug-likeness (QED) is 0.362. The number of likely N-dealkylation sites (tertiary alicyclic amines) is 1. The van der Waals surface area contributed by atoms with Crippen molar-refractivity contribution in [3.8, 4) is 21.6 Å². The number of pyridine rings is 1. The molecule has 1 aliphatic heterocycles. The monoisotopic (exact) mass is 553 g/mol. The van der Waals surface area contributed by atoms with Crippen LogP contribution in [0.25, 0.3) is 21.6 Å². The number of benzene rings is 1. The van der Waals surface area contributed by atoms with Crippen LogP contribution in [0.2, 0.25) is 5.02 Å². The van der Waals surface area contributed by atoms with Crippen LogP contribution in [0.5, 0.6) is 0 Å². The minimum Gasteiger partial charge on any atom is -0.444 e. The van der Waals surface area contributed by atoms with Gasteiger partial charge in [-0.05, 0) is 80.5 Å². The summed E-state index contributed by atoms with van der Waals surface area (Å²) in [5.41, 5.74) is 4.03. The Balaban J connectivity index is 1.46. The Morgan fingerprint density at radius 3 is 2.53 bits per heavy atom. The van der Waals surface area contributed by atoms with Gasteiger partial charge < -0.3 is 15.0 Å². The van der Waals surface area contributed by atoms with E-state index in [0.717, 1.165) is 40.1 Å². The van der Waals surface area contributed by atoms with Gasteiger partial charge in [0, 0.05) is 57.5 Å². The number of nitrogens with zero attached hydrogens (tertiary/aromatic N) is 2. The SMILES string of the molecule is CC(C)(C)OC(=O)NC1CCCN(C(=O)c2ccc(-c3csc(-c4ccnc(C(C)(C)C)c4)c3)c(Cl)c2)C1. The Kier molecular flexibility index (Phi) is 8.19. The fraction of sp³-hybridized carbons (Fsp3) is 0.433. The van der Waals surface area contributed by atoms with Crippen LogP contribution >= 0.6 is 22.9 Å². The van der Waals surface area contributed by atoms with Gasteiger partial charge in [-0.3, -0.25) is 9.78 Å². The predicted octanol–water partition coefficient (Wildman–Crippen LogP) is 7.56. The zero-order valence-electron chi connectivity index (χ0n) is 22.9. The van der Waals surface area contributed by atoms with E-state index in [1.54, 1.807) is 22.3 Å². The van der Waals surface area contributed by atoms with E-state index < -0.39 is 11.7 Å². The number of alkyl carbamates (subject to hydrolysis) is 1. The van der Waals surface area contributed by atoms with E-state index in [4.69, 9.17) is 16.3 Å². The number of thiophene rings is 1. The zero-order chi connectivity index (χ0) is 27.7. The molecule has 6 nitrogen and oxygen atoms in total. The second kappa shape index (κ2) is 11.1. The van der Waals surface area contributed by atoms with E-state index in [1.165, 1.54) is 0 Å². The highest BCUT2D eigenvalue weighted by Gasteiger charge is 2.27. The molecule has 202 valence electrons. The number of ether oxygens (including phenoxy) is 1. The molecule has 1 fully saturated rings. The van der Waals surface area contributed by atoms with E-state index in [9.17, 15) is 9.59 Å². The average molecular weight is 554 g/mol. The second-order valence-corrected chi connectivity index (χ2v) is 13.1. The summed E-state index contributed by atoms with van der Waals surface area (Å²) >= 11 is 8.36. The number of hydrogen-bond acceptors (Lipinski definition) is 5. The first kappa shape index (κ1) is 28.1. The van der Waals surface area contributed by atoms with Gasteiger partial charge in [-0.2, -0.15) is 0 Å². The van der Waals surface area contributed by atoms with Gasteiger partial charge in [-0.1, -0.05) is 38.4 Å². The van der Waals surface area contributed by atoms with Crippen molar-refractivity contribution >= 4 is 34.9 Å². The fourth-order valence-corrected chi connectivity index (χ4v) is 5.64. The maximum Gasteiger partial charge on any atom is 0.407 e. The number of piperidine rings is 1. The lowest BCUT2D eigenvalue weighted by Gasteiger charge is -2.33. The van der Waals surface area contributed by atoms with E-state index in [-0.39, 0.29) is 17.4 Å². The van der Waals surface area contributed by atoms with Crippen molar-refractivity contribution in [1.82, 2.24) is 15.2 Å². The molecule has 38 heavy (non-hydrogen) atoms. The largest absolute Gasteiger partial charge is 0.444 e. The normalized spacial score (nSPS) is 16.3. The van der Waals surface area contributed by atoms with Gasteiger partial charge in [0.15, 0.2) is 0 Å². The Labute approximate surface area is 234 Å². The molecule has 0 bridgehead atoms. The van der Waals surface area contributed by atoms with Crippen molar-refractivity contribution in [2.45, 2.75) is 71.4 Å². The molecule has 1 saturated heterocycles. The number of aromatic nitrogens is 1. The van der Waals surface area contributed by atoms with Gasteiger partial charge in [0.25, 0.3) is 5.91 Å². The lowest BCUT2D eigenvalue weighted by Crippen LogP contribution is -2.50. The lowest BCUT2D eigenvalue weighted by molar-refractivity contribution is 0.0452. The highest BCUT2D eigenvalue weighted by molar-refractivity contribution is 7.14. The number of nitrogens with one attached hydrogen (secondary N) is 1. The van der Waals surface area contributed by atoms with E-state index >= 15 is 0 Å². The maximum absolute atomic E-state index is 13.3. The number of rotatable bonds is 4. The third-order valence-corrected chi connectivity index (χ3v) is 7.66. The van der Waals surface area contributed by atoms with Crippen LogP contribution in [-0.2, 0) is 10.2 Å². The number of halogens is 1. The van der Waals surface area contributed by atoms with Crippen molar-refractivity contribution in [1.29, 1.82) is 0 Å². The first-order valence-electron chi connectivity index (χ1n) is 12.9. The second-order valence-electron chi connectivity index (χ2n) is 11.8. The summed E-state index contributed by atoms with van der Waals surface area (Å²) in [5.74, 6) is -0.0911. The van der Waals surface area contributed by atoms with Crippen molar-refractivity contribution in [3.05, 3.63) is 64.3 Å². The molecule has 3 heterocycles. The first-order chi connectivity index (χ1) is 17.8. The van der Waals surface area contributed by atoms with Crippen LogP contribution in [-0.4, -0.2) is 46.6 Å². The van der Waals surface area contributed by atoms with E-state index in [1.807, 2.05) is 45.2 Å². The molecule has 0 saturated carbocycles. The van der Waals surface area contributed by atoms with Gasteiger partial charge in [-0.25, -0.2) is 4.79 Å². The molecule has 1 aliphatic rings. The maximum atomic E-state index is 13.3. The Morgan fingerprint density at radius 1 is 1.08 bits per heavy atom. The Morgan fingerprint density at radius 2 is 1.84 bits per heavy atom. The number of carbonyl (C=O) groups is 2. The van der Waals surface area contributed by atoms with Gasteiger partial charge in [-0.15, -0.1) is 11.3 Å². The minimum atomic E-state index is -0.566. The van der Waals surface area contributed by atoms with Gasteiger partial charge >= 0.3 is 6.09 Å². The third-order valence-electron chi connectivity index (χ3n) is 6.37. The fourth-order valence-electron chi connectivity index (χ4n) is 4.44. The third kappa shape index (κ3) is 6.94. The van der Waals surface area contributed by atoms with Crippen LogP contribution in [0, 0.1) is 0 Å². The summed E-state index contributed by atoms with van der Waals surface area (Å²) in [5, 5.41) is 5.52. The average Bonchev–Trinajstić information content (AvgIpc) is 3.32. The molecule has 1 aromatic carbocycles. The van der Waals surface area contributed by atoms with Gasteiger partial charge in [0.2, 0.25) is 0 Å². The van der Waals surface area contributed by atoms with E-state index in [2.05, 4.69) is 48.6 Å². The van der Waals surface area contributed by atoms with Crippen molar-refractivity contribution in [2.24, 2.45) is 0 Å². The van der Waals surface area contributed by atoms with Gasteiger partial charge in [0.1, 0.15) is 5.60 Å². The molecular formula is C30H36ClN3O3S. The molecule has 3 aromatic rings. The number of hydrogen-bond donors (Lipinski definition) is 1. The molecule has 8 heteroatoms. The Bertz CT molecular complexity index is 1320. The van der Waals surface area contributed by atoms with Crippen LogP contribution < -0.4 is 5.32 Å². The van der Waals surface area contributed by atoms with E-state index in [0.29, 0.717) is 23.7 Å². The Hall–Kier alpha value is -2.90. The summed E-state index contributed by atoms with van der Waals surface area (Å²) in [7, 11) is 0. The molecule has 2 amide bonds. The first-order valence-corrected chi connectivity index (χ1v) is 14.2. The molecule has 1 unspecified atom stereocenters. The van der Waals surface area contributed by atoms with Crippen LogP contribution in [0.1, 0.15) is 70.4 Å². The van der Waals surface area contributed by atoms with Crippen LogP contribution in [0.3, 0.4) is 0 Å². The molecule has 1 N–H and O–H groups in total. The highest BCUT2D eigenvalue weighted by Crippen LogP contribution is 2.37. The summed E-state index contributed by atoms with van der Waals surface area (Å²) in [4.78, 5) is 32.9. The zero-order valence-corrected chi connectivity index (χ0v) is 24.5. The lowest BCUT2D eigenvalue weighted by atomic mass is 9.90. The van der Waals surface area contributed by atoms with Crippen molar-refractivity contribution < 1.29 is 14.3 Å². The molecule has 0 aliphatic carbocycles. The molecule has 0 spiro atoms. The van der Waals surface area contributed by atoms with Crippen LogP contribution in [0.4, 0.5) is 4.79 Å². The minimum absolute atomic E-state index is 0.0258. The standard InChI is InChI=1S/C30H36ClN3O3S/c1-29(2,3)26-16-19(11-12-32-26)25-15-21(18-38-25)23-10-9-20(14-24(23)31)27(35)34-13-7-8-22(17-34)33-28(36)37-30(4,5)6/h9-12,14-16,18,22H,7-8,13,17H2,1-6H3,(H,33,36). The summed E-state index contributed by atoms with van der Waals surface area (Å²) in [6, 6.07) is 11.6. The molecule has 0 radical (unpaired) electrons. The topological polar surface area (TPSA) is 71.5 Å². The van der Waals surface area contributed by atoms with Crippen molar-refractivity contribution in [3.63, 3.8) is 0 Å². The van der Waals surface area contributed by atoms with Crippen molar-refractivity contribution in [2.75, 3.05) is 13.1 Å². The predicted molar refractivity (Wildman–Crippen MR) is 155 cm³/mol. The molecular weight excluding hydrogens is 518 g/mol. The summed E-state index contributed by atoms with van der Waals surface area (Å²) in [6.07, 6.45) is 3.01. The highest BCUT2D eigenvalue weighted by atomic mass is 35.5. The molecule has 2 aromatic heterocycles.